The highest BCUT2D eigenvalue weighted by atomic mass is 35.5. The predicted molar refractivity (Wildman–Crippen MR) is 84.0 cm³/mol. The highest BCUT2D eigenvalue weighted by Gasteiger charge is 2.04. The van der Waals surface area contributed by atoms with Crippen molar-refractivity contribution in [2.45, 2.75) is 19.9 Å². The lowest BCUT2D eigenvalue weighted by Crippen LogP contribution is -2.30. The minimum absolute atomic E-state index is 0.597. The van der Waals surface area contributed by atoms with Gasteiger partial charge in [-0.3, -0.25) is 9.36 Å². The number of hydrogen-bond acceptors (Lipinski definition) is 3. The molecular weight excluding hydrogens is 296 g/mol. The maximum atomic E-state index is 5.79. The molecule has 20 heavy (non-hydrogen) atoms. The Labute approximate surface area is 128 Å². The second-order valence-electron chi connectivity index (χ2n) is 4.42. The van der Waals surface area contributed by atoms with Crippen molar-refractivity contribution in [1.29, 1.82) is 0 Å². The molecule has 2 aromatic heterocycles. The van der Waals surface area contributed by atoms with Gasteiger partial charge in [0.15, 0.2) is 5.11 Å². The monoisotopic (exact) mass is 312 g/mol. The van der Waals surface area contributed by atoms with Gasteiger partial charge in [-0.2, -0.15) is 10.2 Å². The lowest BCUT2D eigenvalue weighted by Gasteiger charge is -2.10. The molecule has 2 heterocycles. The molecule has 2 aromatic rings. The number of thiocarbonyl (C=S) groups is 1. The third kappa shape index (κ3) is 3.94. The summed E-state index contributed by atoms with van der Waals surface area (Å²) in [5.74, 6) is 0. The summed E-state index contributed by atoms with van der Waals surface area (Å²) < 4.78 is 3.61. The van der Waals surface area contributed by atoms with Crippen molar-refractivity contribution in [1.82, 2.24) is 24.9 Å². The Morgan fingerprint density at radius 2 is 2.20 bits per heavy atom. The SMILES string of the molecule is Cc1c(NC(=S)NCCCn2cc(Cl)cn2)cnn1C. The second-order valence-corrected chi connectivity index (χ2v) is 5.27. The van der Waals surface area contributed by atoms with E-state index in [1.165, 1.54) is 0 Å². The van der Waals surface area contributed by atoms with Crippen LogP contribution < -0.4 is 10.6 Å². The first-order valence-corrected chi connectivity index (χ1v) is 7.06. The molecule has 0 bridgehead atoms. The highest BCUT2D eigenvalue weighted by molar-refractivity contribution is 7.80. The third-order valence-corrected chi connectivity index (χ3v) is 3.38. The van der Waals surface area contributed by atoms with E-state index in [-0.39, 0.29) is 0 Å². The summed E-state index contributed by atoms with van der Waals surface area (Å²) in [6.45, 7) is 3.55. The van der Waals surface area contributed by atoms with Crippen molar-refractivity contribution in [2.75, 3.05) is 11.9 Å². The molecule has 0 radical (unpaired) electrons. The van der Waals surface area contributed by atoms with Crippen LogP contribution in [0.25, 0.3) is 0 Å². The van der Waals surface area contributed by atoms with Gasteiger partial charge in [-0.05, 0) is 25.6 Å². The van der Waals surface area contributed by atoms with Crippen molar-refractivity contribution >= 4 is 34.6 Å². The van der Waals surface area contributed by atoms with E-state index in [0.717, 1.165) is 30.9 Å². The maximum absolute atomic E-state index is 5.79. The van der Waals surface area contributed by atoms with Gasteiger partial charge in [0.1, 0.15) is 0 Å². The van der Waals surface area contributed by atoms with Crippen LogP contribution in [0.1, 0.15) is 12.1 Å². The van der Waals surface area contributed by atoms with E-state index in [2.05, 4.69) is 20.8 Å². The Morgan fingerprint density at radius 1 is 1.40 bits per heavy atom. The quantitative estimate of drug-likeness (QED) is 0.653. The summed E-state index contributed by atoms with van der Waals surface area (Å²) >= 11 is 11.0. The minimum atomic E-state index is 0.597. The molecular formula is C12H17ClN6S. The van der Waals surface area contributed by atoms with E-state index in [1.54, 1.807) is 23.3 Å². The average molecular weight is 313 g/mol. The number of rotatable bonds is 5. The molecule has 0 aliphatic heterocycles. The minimum Gasteiger partial charge on any atom is -0.362 e. The van der Waals surface area contributed by atoms with Crippen LogP contribution in [0.2, 0.25) is 5.02 Å². The molecule has 0 aliphatic carbocycles. The molecule has 0 aromatic carbocycles. The maximum Gasteiger partial charge on any atom is 0.170 e. The Hall–Kier alpha value is -1.60. The summed E-state index contributed by atoms with van der Waals surface area (Å²) in [5.41, 5.74) is 1.96. The fourth-order valence-corrected chi connectivity index (χ4v) is 2.06. The zero-order chi connectivity index (χ0) is 14.5. The van der Waals surface area contributed by atoms with Gasteiger partial charge in [0.25, 0.3) is 0 Å². The summed E-state index contributed by atoms with van der Waals surface area (Å²) in [6, 6.07) is 0. The van der Waals surface area contributed by atoms with Crippen molar-refractivity contribution in [2.24, 2.45) is 7.05 Å². The second kappa shape index (κ2) is 6.71. The summed E-state index contributed by atoms with van der Waals surface area (Å²) in [5, 5.41) is 15.8. The fourth-order valence-electron chi connectivity index (χ4n) is 1.69. The molecule has 2 rings (SSSR count). The van der Waals surface area contributed by atoms with E-state index in [0.29, 0.717) is 10.1 Å². The standard InChI is InChI=1S/C12H17ClN6S/c1-9-11(7-15-18(9)2)17-12(20)14-4-3-5-19-8-10(13)6-16-19/h6-8H,3-5H2,1-2H3,(H2,14,17,20). The van der Waals surface area contributed by atoms with Gasteiger partial charge in [0, 0.05) is 26.3 Å². The van der Waals surface area contributed by atoms with E-state index in [1.807, 2.05) is 18.7 Å². The van der Waals surface area contributed by atoms with E-state index in [4.69, 9.17) is 23.8 Å². The molecule has 0 spiro atoms. The number of nitrogens with zero attached hydrogens (tertiary/aromatic N) is 4. The van der Waals surface area contributed by atoms with Crippen LogP contribution in [0.15, 0.2) is 18.6 Å². The number of halogens is 1. The van der Waals surface area contributed by atoms with Crippen molar-refractivity contribution in [3.63, 3.8) is 0 Å². The first-order chi connectivity index (χ1) is 9.56. The number of aryl methyl sites for hydroxylation is 2. The van der Waals surface area contributed by atoms with E-state index >= 15 is 0 Å². The van der Waals surface area contributed by atoms with Gasteiger partial charge < -0.3 is 10.6 Å². The summed E-state index contributed by atoms with van der Waals surface area (Å²) in [4.78, 5) is 0. The molecule has 0 amide bonds. The lowest BCUT2D eigenvalue weighted by molar-refractivity contribution is 0.574. The molecule has 0 saturated heterocycles. The van der Waals surface area contributed by atoms with Crippen LogP contribution in [-0.4, -0.2) is 31.2 Å². The van der Waals surface area contributed by atoms with Crippen LogP contribution in [0, 0.1) is 6.92 Å². The Balaban J connectivity index is 1.69. The Bertz CT molecular complexity index is 591. The normalized spacial score (nSPS) is 10.6. The molecule has 0 fully saturated rings. The molecule has 2 N–H and O–H groups in total. The van der Waals surface area contributed by atoms with Crippen LogP contribution in [0.3, 0.4) is 0 Å². The molecule has 108 valence electrons. The molecule has 6 nitrogen and oxygen atoms in total. The predicted octanol–water partition coefficient (Wildman–Crippen LogP) is 1.96. The molecule has 8 heteroatoms. The van der Waals surface area contributed by atoms with Gasteiger partial charge in [0.05, 0.1) is 28.8 Å². The zero-order valence-corrected chi connectivity index (χ0v) is 13.0. The van der Waals surface area contributed by atoms with Crippen molar-refractivity contribution < 1.29 is 0 Å². The van der Waals surface area contributed by atoms with E-state index in [9.17, 15) is 0 Å². The van der Waals surface area contributed by atoms with Crippen LogP contribution in [0.4, 0.5) is 5.69 Å². The highest BCUT2D eigenvalue weighted by Crippen LogP contribution is 2.11. The number of aromatic nitrogens is 4. The third-order valence-electron chi connectivity index (χ3n) is 2.93. The Morgan fingerprint density at radius 3 is 2.80 bits per heavy atom. The molecule has 0 saturated carbocycles. The summed E-state index contributed by atoms with van der Waals surface area (Å²) in [6.07, 6.45) is 6.10. The zero-order valence-electron chi connectivity index (χ0n) is 11.4. The van der Waals surface area contributed by atoms with Crippen molar-refractivity contribution in [3.8, 4) is 0 Å². The van der Waals surface area contributed by atoms with Crippen LogP contribution in [-0.2, 0) is 13.6 Å². The molecule has 0 unspecified atom stereocenters. The average Bonchev–Trinajstić information content (AvgIpc) is 2.96. The van der Waals surface area contributed by atoms with Gasteiger partial charge in [-0.15, -0.1) is 0 Å². The van der Waals surface area contributed by atoms with Gasteiger partial charge >= 0.3 is 0 Å². The van der Waals surface area contributed by atoms with Gasteiger partial charge in [-0.1, -0.05) is 11.6 Å². The summed E-state index contributed by atoms with van der Waals surface area (Å²) in [7, 11) is 1.90. The largest absolute Gasteiger partial charge is 0.362 e. The number of anilines is 1. The number of nitrogens with one attached hydrogen (secondary N) is 2. The van der Waals surface area contributed by atoms with Crippen molar-refractivity contribution in [3.05, 3.63) is 29.3 Å². The molecule has 0 atom stereocenters. The number of hydrogen-bond donors (Lipinski definition) is 2. The smallest absolute Gasteiger partial charge is 0.170 e. The molecule has 0 aliphatic rings. The first kappa shape index (κ1) is 14.8. The topological polar surface area (TPSA) is 59.7 Å². The fraction of sp³-hybridized carbons (Fsp3) is 0.417. The van der Waals surface area contributed by atoms with Crippen LogP contribution in [0.5, 0.6) is 0 Å². The lowest BCUT2D eigenvalue weighted by atomic mass is 10.4. The Kier molecular flexibility index (Phi) is 4.97. The van der Waals surface area contributed by atoms with Gasteiger partial charge in [-0.25, -0.2) is 0 Å². The van der Waals surface area contributed by atoms with E-state index < -0.39 is 0 Å². The van der Waals surface area contributed by atoms with Crippen LogP contribution >= 0.6 is 23.8 Å². The van der Waals surface area contributed by atoms with Gasteiger partial charge in [0.2, 0.25) is 0 Å². The first-order valence-electron chi connectivity index (χ1n) is 6.27.